The summed E-state index contributed by atoms with van der Waals surface area (Å²) >= 11 is 30.9. The highest BCUT2D eigenvalue weighted by Gasteiger charge is 2.13. The van der Waals surface area contributed by atoms with Gasteiger partial charge in [0, 0.05) is 43.4 Å². The van der Waals surface area contributed by atoms with Crippen molar-refractivity contribution in [3.05, 3.63) is 90.3 Å². The molecule has 7 heteroatoms. The van der Waals surface area contributed by atoms with Crippen LogP contribution in [0.4, 0.5) is 5.69 Å². The molecule has 3 aromatic rings. The lowest BCUT2D eigenvalue weighted by Gasteiger charge is -2.16. The molecule has 146 valence electrons. The van der Waals surface area contributed by atoms with Gasteiger partial charge in [-0.1, -0.05) is 70.1 Å². The Labute approximate surface area is 189 Å². The summed E-state index contributed by atoms with van der Waals surface area (Å²) in [4.78, 5) is 0. The molecule has 0 atom stereocenters. The fourth-order valence-corrected chi connectivity index (χ4v) is 3.83. The third-order valence-electron chi connectivity index (χ3n) is 4.13. The van der Waals surface area contributed by atoms with Crippen LogP contribution in [0.3, 0.4) is 0 Å². The molecule has 1 N–H and O–H groups in total. The van der Waals surface area contributed by atoms with Gasteiger partial charge in [0.05, 0.1) is 5.02 Å². The molecule has 0 aromatic heterocycles. The van der Waals surface area contributed by atoms with Gasteiger partial charge in [-0.25, -0.2) is 0 Å². The van der Waals surface area contributed by atoms with E-state index in [9.17, 15) is 0 Å². The highest BCUT2D eigenvalue weighted by Crippen LogP contribution is 2.34. The molecule has 0 aliphatic rings. The van der Waals surface area contributed by atoms with Crippen molar-refractivity contribution < 1.29 is 4.74 Å². The van der Waals surface area contributed by atoms with Gasteiger partial charge in [0.15, 0.2) is 0 Å². The van der Waals surface area contributed by atoms with Gasteiger partial charge in [-0.3, -0.25) is 0 Å². The fraction of sp³-hybridized carbons (Fsp3) is 0.143. The fourth-order valence-electron chi connectivity index (χ4n) is 2.60. The quantitative estimate of drug-likeness (QED) is 0.386. The smallest absolute Gasteiger partial charge is 0.143 e. The number of rotatable bonds is 6. The summed E-state index contributed by atoms with van der Waals surface area (Å²) in [6, 6.07) is 14.5. The Morgan fingerprint density at radius 3 is 2.21 bits per heavy atom. The van der Waals surface area contributed by atoms with Crippen molar-refractivity contribution in [1.82, 2.24) is 0 Å². The van der Waals surface area contributed by atoms with Gasteiger partial charge in [0.2, 0.25) is 0 Å². The summed E-state index contributed by atoms with van der Waals surface area (Å²) in [5, 5.41) is 6.07. The Kier molecular flexibility index (Phi) is 7.25. The second kappa shape index (κ2) is 9.47. The van der Waals surface area contributed by atoms with Crippen LogP contribution in [0.2, 0.25) is 25.1 Å². The van der Waals surface area contributed by atoms with Gasteiger partial charge in [0.1, 0.15) is 12.4 Å². The van der Waals surface area contributed by atoms with Crippen molar-refractivity contribution in [1.29, 1.82) is 0 Å². The minimum absolute atomic E-state index is 0.251. The lowest BCUT2D eigenvalue weighted by atomic mass is 10.1. The third-order valence-corrected chi connectivity index (χ3v) is 5.62. The van der Waals surface area contributed by atoms with E-state index in [0.29, 0.717) is 37.4 Å². The second-order valence-electron chi connectivity index (χ2n) is 6.22. The molecular formula is C21H16Cl5NO. The molecule has 0 spiro atoms. The van der Waals surface area contributed by atoms with E-state index in [1.807, 2.05) is 37.3 Å². The Morgan fingerprint density at radius 2 is 1.50 bits per heavy atom. The number of ether oxygens (including phenoxy) is 1. The number of halogens is 5. The van der Waals surface area contributed by atoms with Gasteiger partial charge in [-0.2, -0.15) is 0 Å². The number of hydrogen-bond acceptors (Lipinski definition) is 2. The van der Waals surface area contributed by atoms with Gasteiger partial charge < -0.3 is 10.1 Å². The van der Waals surface area contributed by atoms with Crippen LogP contribution >= 0.6 is 58.0 Å². The van der Waals surface area contributed by atoms with Crippen molar-refractivity contribution in [2.24, 2.45) is 0 Å². The van der Waals surface area contributed by atoms with E-state index >= 15 is 0 Å². The van der Waals surface area contributed by atoms with E-state index in [-0.39, 0.29) is 6.61 Å². The SMILES string of the molecule is Cc1ccc(NCc2cc(Cl)cc(Cl)c2OCc2ccc(Cl)cc2Cl)cc1Cl. The standard InChI is InChI=1S/C21H16Cl5NO/c1-12-2-5-17(9-18(12)24)27-10-14-6-16(23)8-20(26)21(14)28-11-13-3-4-15(22)7-19(13)25/h2-9,27H,10-11H2,1H3. The Bertz CT molecular complexity index is 1010. The topological polar surface area (TPSA) is 21.3 Å². The number of aryl methyl sites for hydroxylation is 1. The summed E-state index contributed by atoms with van der Waals surface area (Å²) < 4.78 is 5.98. The molecule has 0 unspecified atom stereocenters. The summed E-state index contributed by atoms with van der Waals surface area (Å²) in [6.07, 6.45) is 0. The lowest BCUT2D eigenvalue weighted by molar-refractivity contribution is 0.303. The highest BCUT2D eigenvalue weighted by molar-refractivity contribution is 6.36. The van der Waals surface area contributed by atoms with Crippen LogP contribution in [-0.2, 0) is 13.2 Å². The Balaban J connectivity index is 1.79. The van der Waals surface area contributed by atoms with Crippen LogP contribution in [0.15, 0.2) is 48.5 Å². The van der Waals surface area contributed by atoms with Crippen LogP contribution in [0.25, 0.3) is 0 Å². The molecule has 0 bridgehead atoms. The Morgan fingerprint density at radius 1 is 0.750 bits per heavy atom. The second-order valence-corrected chi connectivity index (χ2v) is 8.31. The number of anilines is 1. The molecule has 0 heterocycles. The molecule has 0 aliphatic carbocycles. The molecule has 3 rings (SSSR count). The zero-order valence-electron chi connectivity index (χ0n) is 14.8. The minimum Gasteiger partial charge on any atom is -0.487 e. The van der Waals surface area contributed by atoms with Gasteiger partial charge in [0.25, 0.3) is 0 Å². The zero-order chi connectivity index (χ0) is 20.3. The first kappa shape index (κ1) is 21.4. The maximum absolute atomic E-state index is 6.38. The average Bonchev–Trinajstić information content (AvgIpc) is 2.63. The third kappa shape index (κ3) is 5.40. The highest BCUT2D eigenvalue weighted by atomic mass is 35.5. The van der Waals surface area contributed by atoms with E-state index in [0.717, 1.165) is 22.4 Å². The van der Waals surface area contributed by atoms with Crippen LogP contribution < -0.4 is 10.1 Å². The average molecular weight is 476 g/mol. The van der Waals surface area contributed by atoms with E-state index < -0.39 is 0 Å². The summed E-state index contributed by atoms with van der Waals surface area (Å²) in [7, 11) is 0. The molecule has 28 heavy (non-hydrogen) atoms. The number of hydrogen-bond donors (Lipinski definition) is 1. The van der Waals surface area contributed by atoms with Crippen LogP contribution in [0.5, 0.6) is 5.75 Å². The monoisotopic (exact) mass is 473 g/mol. The number of nitrogens with one attached hydrogen (secondary N) is 1. The minimum atomic E-state index is 0.251. The predicted octanol–water partition coefficient (Wildman–Crippen LogP) is 8.45. The van der Waals surface area contributed by atoms with Gasteiger partial charge in [-0.05, 0) is 48.9 Å². The first-order valence-corrected chi connectivity index (χ1v) is 10.3. The van der Waals surface area contributed by atoms with Crippen molar-refractivity contribution >= 4 is 63.7 Å². The summed E-state index contributed by atoms with van der Waals surface area (Å²) in [5.41, 5.74) is 3.53. The zero-order valence-corrected chi connectivity index (χ0v) is 18.6. The van der Waals surface area contributed by atoms with E-state index in [4.69, 9.17) is 62.7 Å². The van der Waals surface area contributed by atoms with E-state index in [1.165, 1.54) is 0 Å². The molecule has 0 radical (unpaired) electrons. The first-order chi connectivity index (χ1) is 13.3. The summed E-state index contributed by atoms with van der Waals surface area (Å²) in [5.74, 6) is 0.544. The molecule has 0 fully saturated rings. The van der Waals surface area contributed by atoms with Crippen molar-refractivity contribution in [2.75, 3.05) is 5.32 Å². The normalized spacial score (nSPS) is 10.8. The molecule has 0 amide bonds. The Hall–Kier alpha value is -1.29. The van der Waals surface area contributed by atoms with Gasteiger partial charge >= 0.3 is 0 Å². The molecule has 0 saturated heterocycles. The molecule has 0 aliphatic heterocycles. The molecule has 0 saturated carbocycles. The van der Waals surface area contributed by atoms with Crippen molar-refractivity contribution in [3.63, 3.8) is 0 Å². The van der Waals surface area contributed by atoms with Crippen LogP contribution in [0, 0.1) is 6.92 Å². The van der Waals surface area contributed by atoms with Crippen LogP contribution in [-0.4, -0.2) is 0 Å². The molecule has 2 nitrogen and oxygen atoms in total. The van der Waals surface area contributed by atoms with Gasteiger partial charge in [-0.15, -0.1) is 0 Å². The lowest BCUT2D eigenvalue weighted by Crippen LogP contribution is -2.05. The maximum atomic E-state index is 6.38. The number of benzene rings is 3. The molecular weight excluding hydrogens is 460 g/mol. The van der Waals surface area contributed by atoms with Crippen LogP contribution in [0.1, 0.15) is 16.7 Å². The van der Waals surface area contributed by atoms with E-state index in [1.54, 1.807) is 18.2 Å². The largest absolute Gasteiger partial charge is 0.487 e. The maximum Gasteiger partial charge on any atom is 0.143 e. The molecule has 3 aromatic carbocycles. The predicted molar refractivity (Wildman–Crippen MR) is 121 cm³/mol. The summed E-state index contributed by atoms with van der Waals surface area (Å²) in [6.45, 7) is 2.67. The van der Waals surface area contributed by atoms with Crippen molar-refractivity contribution in [3.8, 4) is 5.75 Å². The van der Waals surface area contributed by atoms with E-state index in [2.05, 4.69) is 5.32 Å². The van der Waals surface area contributed by atoms with Crippen molar-refractivity contribution in [2.45, 2.75) is 20.1 Å². The first-order valence-electron chi connectivity index (χ1n) is 8.38.